The fourth-order valence-electron chi connectivity index (χ4n) is 2.02. The lowest BCUT2D eigenvalue weighted by Gasteiger charge is -2.17. The van der Waals surface area contributed by atoms with E-state index in [1.165, 1.54) is 25.3 Å². The quantitative estimate of drug-likeness (QED) is 0.678. The summed E-state index contributed by atoms with van der Waals surface area (Å²) < 4.78 is 0. The molecule has 0 fully saturated rings. The normalized spacial score (nSPS) is 14.3. The second kappa shape index (κ2) is 4.19. The molecule has 0 radical (unpaired) electrons. The van der Waals surface area contributed by atoms with Crippen molar-refractivity contribution in [1.29, 1.82) is 0 Å². The summed E-state index contributed by atoms with van der Waals surface area (Å²) in [6.07, 6.45) is 0. The first-order chi connectivity index (χ1) is 7.90. The summed E-state index contributed by atoms with van der Waals surface area (Å²) in [6, 6.07) is 17.6. The van der Waals surface area contributed by atoms with Gasteiger partial charge in [-0.2, -0.15) is 0 Å². The summed E-state index contributed by atoms with van der Waals surface area (Å²) in [7, 11) is 0.278. The van der Waals surface area contributed by atoms with Gasteiger partial charge >= 0.3 is 0 Å². The van der Waals surface area contributed by atoms with E-state index < -0.39 is 0 Å². The molecule has 0 amide bonds. The van der Waals surface area contributed by atoms with E-state index in [2.05, 4.69) is 55.5 Å². The average molecular weight is 245 g/mol. The summed E-state index contributed by atoms with van der Waals surface area (Å²) in [6.45, 7) is 2.28. The van der Waals surface area contributed by atoms with Crippen molar-refractivity contribution in [3.63, 3.8) is 0 Å². The zero-order valence-electron chi connectivity index (χ0n) is 9.14. The first-order valence-corrected chi connectivity index (χ1v) is 7.68. The molecule has 0 N–H and O–H groups in total. The van der Waals surface area contributed by atoms with Gasteiger partial charge in [-0.25, -0.2) is 0 Å². The van der Waals surface area contributed by atoms with Crippen LogP contribution >= 0.6 is 11.8 Å². The predicted octanol–water partition coefficient (Wildman–Crippen LogP) is 4.21. The van der Waals surface area contributed by atoms with E-state index in [-0.39, 0.29) is 10.9 Å². The van der Waals surface area contributed by atoms with Crippen molar-refractivity contribution in [2.75, 3.05) is 5.75 Å². The largest absolute Gasteiger partial charge is 0.174 e. The van der Waals surface area contributed by atoms with Gasteiger partial charge in [0.15, 0.2) is 9.79 Å². The van der Waals surface area contributed by atoms with Crippen LogP contribution in [0.2, 0.25) is 0 Å². The topological polar surface area (TPSA) is 0 Å². The van der Waals surface area contributed by atoms with E-state index in [1.54, 1.807) is 0 Å². The molecular formula is C14H13S2+. The molecule has 2 aromatic rings. The molecule has 0 saturated heterocycles. The lowest BCUT2D eigenvalue weighted by atomic mass is 10.3. The maximum absolute atomic E-state index is 2.28. The minimum Gasteiger partial charge on any atom is -0.0795 e. The third-order valence-corrected chi connectivity index (χ3v) is 6.50. The van der Waals surface area contributed by atoms with Crippen LogP contribution in [0.3, 0.4) is 0 Å². The second-order valence-electron chi connectivity index (χ2n) is 3.67. The highest BCUT2D eigenvalue weighted by Gasteiger charge is 2.33. The first kappa shape index (κ1) is 10.3. The van der Waals surface area contributed by atoms with Gasteiger partial charge < -0.3 is 0 Å². The lowest BCUT2D eigenvalue weighted by molar-refractivity contribution is 1.13. The van der Waals surface area contributed by atoms with Crippen molar-refractivity contribution in [2.24, 2.45) is 0 Å². The first-order valence-electron chi connectivity index (χ1n) is 5.47. The Morgan fingerprint density at radius 1 is 0.875 bits per heavy atom. The van der Waals surface area contributed by atoms with Crippen LogP contribution in [0.5, 0.6) is 0 Å². The Morgan fingerprint density at radius 2 is 1.38 bits per heavy atom. The van der Waals surface area contributed by atoms with E-state index in [0.717, 1.165) is 0 Å². The highest BCUT2D eigenvalue weighted by Crippen LogP contribution is 2.45. The molecule has 0 aliphatic carbocycles. The van der Waals surface area contributed by atoms with Gasteiger partial charge in [-0.1, -0.05) is 36.0 Å². The maximum Gasteiger partial charge on any atom is 0.174 e. The maximum atomic E-state index is 2.28. The van der Waals surface area contributed by atoms with Crippen LogP contribution in [-0.4, -0.2) is 5.75 Å². The molecule has 80 valence electrons. The van der Waals surface area contributed by atoms with Crippen LogP contribution in [-0.2, 0) is 10.9 Å². The highest BCUT2D eigenvalue weighted by atomic mass is 32.2. The van der Waals surface area contributed by atoms with Gasteiger partial charge in [0.25, 0.3) is 0 Å². The Hall–Kier alpha value is -0.860. The number of hydrogen-bond acceptors (Lipinski definition) is 1. The van der Waals surface area contributed by atoms with Crippen molar-refractivity contribution in [2.45, 2.75) is 26.5 Å². The Morgan fingerprint density at radius 3 is 1.88 bits per heavy atom. The number of fused-ring (bicyclic) bond motifs is 2. The standard InChI is InChI=1S/C14H13S2/c1-2-16-13-9-5-3-7-11(13)15-12-8-4-6-10-14(12)16/h3-10H,2H2,1H3/q+1. The summed E-state index contributed by atoms with van der Waals surface area (Å²) >= 11 is 1.91. The highest BCUT2D eigenvalue weighted by molar-refractivity contribution is 8.04. The Balaban J connectivity index is 2.19. The monoisotopic (exact) mass is 245 g/mol. The molecule has 3 rings (SSSR count). The van der Waals surface area contributed by atoms with Gasteiger partial charge in [0, 0.05) is 0 Å². The van der Waals surface area contributed by atoms with Gasteiger partial charge in [0.2, 0.25) is 0 Å². The molecule has 0 bridgehead atoms. The van der Waals surface area contributed by atoms with Crippen LogP contribution in [0, 0.1) is 0 Å². The van der Waals surface area contributed by atoms with E-state index in [0.29, 0.717) is 0 Å². The number of benzene rings is 2. The fraction of sp³-hybridized carbons (Fsp3) is 0.143. The zero-order valence-corrected chi connectivity index (χ0v) is 10.8. The van der Waals surface area contributed by atoms with E-state index in [1.807, 2.05) is 11.8 Å². The molecule has 1 aliphatic heterocycles. The predicted molar refractivity (Wildman–Crippen MR) is 71.4 cm³/mol. The molecule has 0 saturated carbocycles. The third kappa shape index (κ3) is 1.57. The average Bonchev–Trinajstić information content (AvgIpc) is 2.36. The second-order valence-corrected chi connectivity index (χ2v) is 7.00. The summed E-state index contributed by atoms with van der Waals surface area (Å²) in [5, 5.41) is 0. The number of hydrogen-bond donors (Lipinski definition) is 0. The molecule has 0 unspecified atom stereocenters. The van der Waals surface area contributed by atoms with Gasteiger partial charge in [0.1, 0.15) is 5.75 Å². The molecule has 0 spiro atoms. The molecule has 0 atom stereocenters. The van der Waals surface area contributed by atoms with Crippen LogP contribution in [0.1, 0.15) is 6.92 Å². The minimum absolute atomic E-state index is 0.278. The van der Waals surface area contributed by atoms with Crippen LogP contribution in [0.15, 0.2) is 68.1 Å². The zero-order chi connectivity index (χ0) is 11.0. The molecule has 1 heterocycles. The van der Waals surface area contributed by atoms with Gasteiger partial charge in [-0.3, -0.25) is 0 Å². The molecule has 2 aromatic carbocycles. The molecule has 2 heteroatoms. The smallest absolute Gasteiger partial charge is 0.0795 e. The Kier molecular flexibility index (Phi) is 2.70. The minimum atomic E-state index is 0.278. The van der Waals surface area contributed by atoms with E-state index >= 15 is 0 Å². The Labute approximate surface area is 103 Å². The van der Waals surface area contributed by atoms with Gasteiger partial charge in [0.05, 0.1) is 20.7 Å². The van der Waals surface area contributed by atoms with E-state index in [9.17, 15) is 0 Å². The molecule has 1 aliphatic rings. The summed E-state index contributed by atoms with van der Waals surface area (Å²) in [5.41, 5.74) is 0. The molecule has 16 heavy (non-hydrogen) atoms. The van der Waals surface area contributed by atoms with Crippen molar-refractivity contribution in [3.8, 4) is 0 Å². The fourth-order valence-corrected chi connectivity index (χ4v) is 5.71. The lowest BCUT2D eigenvalue weighted by Crippen LogP contribution is -2.12. The summed E-state index contributed by atoms with van der Waals surface area (Å²) in [4.78, 5) is 5.92. The van der Waals surface area contributed by atoms with Crippen molar-refractivity contribution >= 4 is 22.7 Å². The van der Waals surface area contributed by atoms with Crippen LogP contribution in [0.25, 0.3) is 0 Å². The SMILES string of the molecule is CC[S+]1c2ccccc2Sc2ccccc21. The van der Waals surface area contributed by atoms with E-state index in [4.69, 9.17) is 0 Å². The van der Waals surface area contributed by atoms with Gasteiger partial charge in [-0.15, -0.1) is 0 Å². The van der Waals surface area contributed by atoms with Crippen molar-refractivity contribution in [1.82, 2.24) is 0 Å². The van der Waals surface area contributed by atoms with Crippen LogP contribution < -0.4 is 0 Å². The molecular weight excluding hydrogens is 232 g/mol. The third-order valence-electron chi connectivity index (χ3n) is 2.74. The molecule has 0 aromatic heterocycles. The van der Waals surface area contributed by atoms with Crippen LogP contribution in [0.4, 0.5) is 0 Å². The number of rotatable bonds is 1. The summed E-state index contributed by atoms with van der Waals surface area (Å²) in [5.74, 6) is 1.20. The molecule has 0 nitrogen and oxygen atoms in total. The van der Waals surface area contributed by atoms with Crippen molar-refractivity contribution < 1.29 is 0 Å². The van der Waals surface area contributed by atoms with Crippen molar-refractivity contribution in [3.05, 3.63) is 48.5 Å². The van der Waals surface area contributed by atoms with Gasteiger partial charge in [-0.05, 0) is 31.2 Å². The Bertz CT molecular complexity index is 474.